The molecule has 37 heavy (non-hydrogen) atoms. The van der Waals surface area contributed by atoms with Gasteiger partial charge in [-0.1, -0.05) is 42.1 Å². The molecular formula is C25H30N5O6S+. The number of ether oxygens (including phenoxy) is 3. The Morgan fingerprint density at radius 1 is 1.03 bits per heavy atom. The molecule has 0 saturated carbocycles. The normalized spacial score (nSPS) is 13.8. The second-order valence-corrected chi connectivity index (χ2v) is 9.19. The van der Waals surface area contributed by atoms with Gasteiger partial charge in [-0.15, -0.1) is 0 Å². The van der Waals surface area contributed by atoms with Crippen molar-refractivity contribution < 1.29 is 33.1 Å². The van der Waals surface area contributed by atoms with Gasteiger partial charge >= 0.3 is 5.88 Å². The van der Waals surface area contributed by atoms with Crippen molar-refractivity contribution in [1.29, 1.82) is 0 Å². The Hall–Kier alpha value is -3.77. The number of thioether (sulfide) groups is 1. The molecule has 0 bridgehead atoms. The molecule has 0 atom stereocenters. The Balaban J connectivity index is 1.26. The highest BCUT2D eigenvalue weighted by Gasteiger charge is 2.27. The zero-order valence-electron chi connectivity index (χ0n) is 21.0. The zero-order chi connectivity index (χ0) is 26.2. The van der Waals surface area contributed by atoms with Crippen LogP contribution in [0.15, 0.2) is 53.2 Å². The molecule has 1 aliphatic heterocycles. The average Bonchev–Trinajstić information content (AvgIpc) is 3.40. The highest BCUT2D eigenvalue weighted by atomic mass is 32.2. The maximum Gasteiger partial charge on any atom is 0.305 e. The Kier molecular flexibility index (Phi) is 8.86. The van der Waals surface area contributed by atoms with Crippen LogP contribution in [0.5, 0.6) is 17.2 Å². The van der Waals surface area contributed by atoms with E-state index in [1.807, 2.05) is 23.2 Å². The number of rotatable bonds is 10. The quantitative estimate of drug-likeness (QED) is 0.392. The first-order valence-corrected chi connectivity index (χ1v) is 12.7. The van der Waals surface area contributed by atoms with Crippen molar-refractivity contribution in [1.82, 2.24) is 10.2 Å². The number of anilines is 1. The first-order valence-electron chi connectivity index (χ1n) is 11.7. The maximum absolute atomic E-state index is 12.3. The molecule has 1 amide bonds. The first kappa shape index (κ1) is 26.3. The summed E-state index contributed by atoms with van der Waals surface area (Å²) in [5.74, 6) is 1.70. The lowest BCUT2D eigenvalue weighted by atomic mass is 10.1. The third kappa shape index (κ3) is 6.71. The minimum atomic E-state index is -0.340. The number of carbonyl (C=O) groups is 2. The molecule has 196 valence electrons. The molecule has 3 aromatic rings. The predicted molar refractivity (Wildman–Crippen MR) is 138 cm³/mol. The number of aromatic nitrogens is 2. The molecule has 1 saturated heterocycles. The molecule has 4 rings (SSSR count). The van der Waals surface area contributed by atoms with Crippen molar-refractivity contribution in [3.05, 3.63) is 59.8 Å². The lowest BCUT2D eigenvalue weighted by Gasteiger charge is -2.30. The molecule has 0 unspecified atom stereocenters. The lowest BCUT2D eigenvalue weighted by molar-refractivity contribution is -0.759. The fourth-order valence-electron chi connectivity index (χ4n) is 3.97. The third-order valence-corrected chi connectivity index (χ3v) is 6.74. The Bertz CT molecular complexity index is 1190. The van der Waals surface area contributed by atoms with Gasteiger partial charge in [0.05, 0.1) is 45.0 Å². The first-order chi connectivity index (χ1) is 18.0. The van der Waals surface area contributed by atoms with E-state index in [2.05, 4.69) is 15.5 Å². The van der Waals surface area contributed by atoms with Crippen molar-refractivity contribution in [2.45, 2.75) is 6.54 Å². The Morgan fingerprint density at radius 2 is 1.70 bits per heavy atom. The summed E-state index contributed by atoms with van der Waals surface area (Å²) in [5, 5.41) is 8.54. The van der Waals surface area contributed by atoms with Gasteiger partial charge in [-0.05, 0) is 17.7 Å². The SMILES string of the molecule is COc1cc(CN2CCN([n+]3cc(NC(=O)CSC(=O)c4ccccc4)on3)CC2)cc(OC)c1OC. The minimum absolute atomic E-state index is 0.0198. The summed E-state index contributed by atoms with van der Waals surface area (Å²) >= 11 is 0.941. The molecule has 1 fully saturated rings. The van der Waals surface area contributed by atoms with Crippen molar-refractivity contribution in [2.75, 3.05) is 63.6 Å². The fourth-order valence-corrected chi connectivity index (χ4v) is 4.61. The molecule has 0 spiro atoms. The van der Waals surface area contributed by atoms with E-state index >= 15 is 0 Å². The molecule has 1 aromatic heterocycles. The Labute approximate surface area is 219 Å². The van der Waals surface area contributed by atoms with Crippen LogP contribution in [0.25, 0.3) is 0 Å². The number of benzene rings is 2. The van der Waals surface area contributed by atoms with Crippen LogP contribution in [0.2, 0.25) is 0 Å². The van der Waals surface area contributed by atoms with Crippen LogP contribution in [-0.4, -0.2) is 74.5 Å². The molecule has 12 heteroatoms. The van der Waals surface area contributed by atoms with E-state index in [0.29, 0.717) is 22.8 Å². The summed E-state index contributed by atoms with van der Waals surface area (Å²) in [6, 6.07) is 12.8. The van der Waals surface area contributed by atoms with Crippen molar-refractivity contribution >= 4 is 28.7 Å². The van der Waals surface area contributed by atoms with E-state index < -0.39 is 0 Å². The summed E-state index contributed by atoms with van der Waals surface area (Å²) in [7, 11) is 4.80. The predicted octanol–water partition coefficient (Wildman–Crippen LogP) is 1.95. The van der Waals surface area contributed by atoms with E-state index in [-0.39, 0.29) is 22.7 Å². The molecule has 0 aliphatic carbocycles. The molecular weight excluding hydrogens is 498 g/mol. The van der Waals surface area contributed by atoms with E-state index in [1.54, 1.807) is 56.6 Å². The molecule has 2 aromatic carbocycles. The van der Waals surface area contributed by atoms with Crippen LogP contribution < -0.4 is 29.3 Å². The standard InChI is InChI=1S/C25H29N5O6S/c1-33-20-13-18(14-21(34-2)24(20)35-3)15-28-9-11-29(12-10-28)30-16-23(36-27-30)26-22(31)17-37-25(32)19-7-5-4-6-8-19/h4-8,13-14,16H,9-12,15,17H2,1-3H3/p+1. The van der Waals surface area contributed by atoms with Crippen LogP contribution in [0.1, 0.15) is 15.9 Å². The molecule has 11 nitrogen and oxygen atoms in total. The lowest BCUT2D eigenvalue weighted by Crippen LogP contribution is -2.65. The van der Waals surface area contributed by atoms with Crippen LogP contribution in [0, 0.1) is 0 Å². The van der Waals surface area contributed by atoms with Crippen molar-refractivity contribution in [3.63, 3.8) is 0 Å². The van der Waals surface area contributed by atoms with Gasteiger partial charge in [0.1, 0.15) is 0 Å². The summed E-state index contributed by atoms with van der Waals surface area (Å²) in [4.78, 5) is 28.3. The monoisotopic (exact) mass is 528 g/mol. The average molecular weight is 529 g/mol. The second-order valence-electron chi connectivity index (χ2n) is 8.24. The van der Waals surface area contributed by atoms with E-state index in [0.717, 1.165) is 50.0 Å². The van der Waals surface area contributed by atoms with Crippen molar-refractivity contribution in [2.24, 2.45) is 0 Å². The van der Waals surface area contributed by atoms with E-state index in [1.165, 1.54) is 0 Å². The number of nitrogens with one attached hydrogen (secondary N) is 1. The van der Waals surface area contributed by atoms with Gasteiger partial charge in [-0.2, -0.15) is 5.01 Å². The third-order valence-electron chi connectivity index (χ3n) is 5.83. The number of hydrogen-bond acceptors (Lipinski definition) is 10. The smallest absolute Gasteiger partial charge is 0.305 e. The van der Waals surface area contributed by atoms with Crippen LogP contribution in [0.4, 0.5) is 5.88 Å². The summed E-state index contributed by atoms with van der Waals surface area (Å²) in [6.07, 6.45) is 1.62. The zero-order valence-corrected chi connectivity index (χ0v) is 21.8. The van der Waals surface area contributed by atoms with Crippen LogP contribution >= 0.6 is 11.8 Å². The van der Waals surface area contributed by atoms with Gasteiger partial charge in [0.15, 0.2) is 11.5 Å². The highest BCUT2D eigenvalue weighted by molar-refractivity contribution is 8.14. The van der Waals surface area contributed by atoms with Gasteiger partial charge in [0.25, 0.3) is 6.20 Å². The van der Waals surface area contributed by atoms with Gasteiger partial charge in [0.2, 0.25) is 22.0 Å². The van der Waals surface area contributed by atoms with Gasteiger partial charge in [0, 0.05) is 25.2 Å². The highest BCUT2D eigenvalue weighted by Crippen LogP contribution is 2.38. The molecule has 0 radical (unpaired) electrons. The van der Waals surface area contributed by atoms with Gasteiger partial charge in [-0.25, -0.2) is 0 Å². The second kappa shape index (κ2) is 12.5. The van der Waals surface area contributed by atoms with Crippen LogP contribution in [-0.2, 0) is 11.3 Å². The number of amides is 1. The Morgan fingerprint density at radius 3 is 2.32 bits per heavy atom. The molecule has 1 N–H and O–H groups in total. The number of carbonyl (C=O) groups excluding carboxylic acids is 2. The summed E-state index contributed by atoms with van der Waals surface area (Å²) < 4.78 is 21.6. The number of nitrogens with zero attached hydrogens (tertiary/aromatic N) is 4. The summed E-state index contributed by atoms with van der Waals surface area (Å²) in [5.41, 5.74) is 1.62. The van der Waals surface area contributed by atoms with Gasteiger partial charge in [-0.3, -0.25) is 24.3 Å². The van der Waals surface area contributed by atoms with Gasteiger partial charge < -0.3 is 14.2 Å². The minimum Gasteiger partial charge on any atom is -0.493 e. The van der Waals surface area contributed by atoms with Crippen molar-refractivity contribution in [3.8, 4) is 17.2 Å². The number of methoxy groups -OCH3 is 3. The number of hydrogen-bond donors (Lipinski definition) is 1. The fraction of sp³-hybridized carbons (Fsp3) is 0.360. The maximum atomic E-state index is 12.3. The van der Waals surface area contributed by atoms with E-state index in [9.17, 15) is 9.59 Å². The molecule has 2 heterocycles. The summed E-state index contributed by atoms with van der Waals surface area (Å²) in [6.45, 7) is 3.77. The topological polar surface area (TPSA) is 110 Å². The van der Waals surface area contributed by atoms with Crippen LogP contribution in [0.3, 0.4) is 0 Å². The molecule has 1 aliphatic rings. The van der Waals surface area contributed by atoms with E-state index in [4.69, 9.17) is 18.7 Å². The number of piperazine rings is 1. The largest absolute Gasteiger partial charge is 0.493 e.